The molecule has 0 aliphatic rings. The summed E-state index contributed by atoms with van der Waals surface area (Å²) >= 11 is 0. The van der Waals surface area contributed by atoms with Crippen LogP contribution in [0.15, 0.2) is 18.2 Å². The van der Waals surface area contributed by atoms with Crippen LogP contribution in [0.25, 0.3) is 0 Å². The Hall–Kier alpha value is -2.04. The largest absolute Gasteiger partial charge is 0.496 e. The molecule has 0 radical (unpaired) electrons. The van der Waals surface area contributed by atoms with E-state index >= 15 is 0 Å². The molecule has 1 unspecified atom stereocenters. The average molecular weight is 224 g/mol. The van der Waals surface area contributed by atoms with E-state index in [1.54, 1.807) is 6.07 Å². The van der Waals surface area contributed by atoms with E-state index in [2.05, 4.69) is 0 Å². The van der Waals surface area contributed by atoms with E-state index in [1.807, 2.05) is 0 Å². The molecule has 5 heteroatoms. The lowest BCUT2D eigenvalue weighted by atomic mass is 9.95. The number of aromatic carboxylic acids is 1. The number of methoxy groups -OCH3 is 1. The van der Waals surface area contributed by atoms with Crippen LogP contribution in [-0.2, 0) is 4.79 Å². The third-order valence-electron chi connectivity index (χ3n) is 2.33. The van der Waals surface area contributed by atoms with Gasteiger partial charge in [0.2, 0.25) is 0 Å². The van der Waals surface area contributed by atoms with E-state index in [0.29, 0.717) is 0 Å². The van der Waals surface area contributed by atoms with Crippen molar-refractivity contribution in [1.29, 1.82) is 0 Å². The first-order chi connectivity index (χ1) is 7.49. The molecule has 0 spiro atoms. The number of carboxylic acids is 2. The van der Waals surface area contributed by atoms with Gasteiger partial charge in [-0.3, -0.25) is 4.79 Å². The molecule has 0 aromatic heterocycles. The maximum absolute atomic E-state index is 11.1. The quantitative estimate of drug-likeness (QED) is 0.811. The van der Waals surface area contributed by atoms with E-state index in [9.17, 15) is 9.59 Å². The molecule has 1 aromatic carbocycles. The Morgan fingerprint density at radius 3 is 2.38 bits per heavy atom. The lowest BCUT2D eigenvalue weighted by Gasteiger charge is -2.13. The Labute approximate surface area is 92.3 Å². The van der Waals surface area contributed by atoms with Crippen molar-refractivity contribution in [2.75, 3.05) is 7.11 Å². The van der Waals surface area contributed by atoms with Gasteiger partial charge in [0.1, 0.15) is 11.3 Å². The Balaban J connectivity index is 3.38. The molecule has 0 aliphatic heterocycles. The monoisotopic (exact) mass is 224 g/mol. The fourth-order valence-corrected chi connectivity index (χ4v) is 1.44. The Morgan fingerprint density at radius 1 is 1.31 bits per heavy atom. The summed E-state index contributed by atoms with van der Waals surface area (Å²) < 4.78 is 4.90. The van der Waals surface area contributed by atoms with Crippen molar-refractivity contribution >= 4 is 11.9 Å². The number of aliphatic carboxylic acids is 1. The van der Waals surface area contributed by atoms with Crippen LogP contribution in [0.5, 0.6) is 5.75 Å². The predicted molar refractivity (Wildman–Crippen MR) is 56.0 cm³/mol. The van der Waals surface area contributed by atoms with Gasteiger partial charge in [-0.05, 0) is 18.6 Å². The highest BCUT2D eigenvalue weighted by atomic mass is 16.5. The summed E-state index contributed by atoms with van der Waals surface area (Å²) in [5.74, 6) is -2.99. The number of hydrogen-bond acceptors (Lipinski definition) is 3. The molecule has 0 bridgehead atoms. The molecule has 0 heterocycles. The molecule has 86 valence electrons. The van der Waals surface area contributed by atoms with E-state index in [-0.39, 0.29) is 16.9 Å². The Morgan fingerprint density at radius 2 is 1.94 bits per heavy atom. The lowest BCUT2D eigenvalue weighted by molar-refractivity contribution is -0.138. The van der Waals surface area contributed by atoms with Gasteiger partial charge < -0.3 is 14.9 Å². The van der Waals surface area contributed by atoms with Crippen LogP contribution in [-0.4, -0.2) is 29.3 Å². The summed E-state index contributed by atoms with van der Waals surface area (Å²) in [4.78, 5) is 21.9. The second kappa shape index (κ2) is 4.65. The van der Waals surface area contributed by atoms with Gasteiger partial charge in [-0.1, -0.05) is 12.1 Å². The summed E-state index contributed by atoms with van der Waals surface area (Å²) in [6.45, 7) is 1.43. The molecule has 0 fully saturated rings. The first-order valence-electron chi connectivity index (χ1n) is 4.62. The summed E-state index contributed by atoms with van der Waals surface area (Å²) in [5.41, 5.74) is 0.138. The molecule has 0 saturated heterocycles. The van der Waals surface area contributed by atoms with Crippen LogP contribution >= 0.6 is 0 Å². The van der Waals surface area contributed by atoms with Crippen molar-refractivity contribution in [2.24, 2.45) is 0 Å². The van der Waals surface area contributed by atoms with E-state index < -0.39 is 17.9 Å². The molecule has 1 rings (SSSR count). The highest BCUT2D eigenvalue weighted by Crippen LogP contribution is 2.28. The Bertz CT molecular complexity index is 424. The van der Waals surface area contributed by atoms with Crippen LogP contribution in [0.1, 0.15) is 28.8 Å². The highest BCUT2D eigenvalue weighted by molar-refractivity contribution is 5.94. The van der Waals surface area contributed by atoms with Crippen molar-refractivity contribution in [3.8, 4) is 5.75 Å². The molecule has 0 aliphatic carbocycles. The van der Waals surface area contributed by atoms with Crippen molar-refractivity contribution in [2.45, 2.75) is 12.8 Å². The average Bonchev–Trinajstić information content (AvgIpc) is 2.26. The van der Waals surface area contributed by atoms with E-state index in [4.69, 9.17) is 14.9 Å². The molecule has 5 nitrogen and oxygen atoms in total. The molecular weight excluding hydrogens is 212 g/mol. The van der Waals surface area contributed by atoms with Gasteiger partial charge in [-0.25, -0.2) is 4.79 Å². The minimum atomic E-state index is -1.19. The fourth-order valence-electron chi connectivity index (χ4n) is 1.44. The zero-order chi connectivity index (χ0) is 12.3. The SMILES string of the molecule is COc1cccc(C(C)C(=O)O)c1C(=O)O. The molecule has 1 atom stereocenters. The first-order valence-corrected chi connectivity index (χ1v) is 4.62. The second-order valence-corrected chi connectivity index (χ2v) is 3.29. The highest BCUT2D eigenvalue weighted by Gasteiger charge is 2.23. The third-order valence-corrected chi connectivity index (χ3v) is 2.33. The minimum Gasteiger partial charge on any atom is -0.496 e. The first kappa shape index (κ1) is 12.0. The number of ether oxygens (including phenoxy) is 1. The van der Waals surface area contributed by atoms with Gasteiger partial charge in [0.25, 0.3) is 0 Å². The molecular formula is C11H12O5. The second-order valence-electron chi connectivity index (χ2n) is 3.29. The maximum atomic E-state index is 11.1. The Kier molecular flexibility index (Phi) is 3.50. The zero-order valence-corrected chi connectivity index (χ0v) is 8.93. The maximum Gasteiger partial charge on any atom is 0.339 e. The number of carbonyl (C=O) groups is 2. The summed E-state index contributed by atoms with van der Waals surface area (Å²) in [6, 6.07) is 4.53. The van der Waals surface area contributed by atoms with Crippen LogP contribution in [0.4, 0.5) is 0 Å². The van der Waals surface area contributed by atoms with Gasteiger partial charge in [-0.2, -0.15) is 0 Å². The van der Waals surface area contributed by atoms with Gasteiger partial charge in [0, 0.05) is 0 Å². The lowest BCUT2D eigenvalue weighted by Crippen LogP contribution is -2.13. The van der Waals surface area contributed by atoms with E-state index in [0.717, 1.165) is 0 Å². The standard InChI is InChI=1S/C11H12O5/c1-6(10(12)13)7-4-3-5-8(16-2)9(7)11(14)15/h3-6H,1-2H3,(H,12,13)(H,14,15). The van der Waals surface area contributed by atoms with Crippen LogP contribution in [0.2, 0.25) is 0 Å². The van der Waals surface area contributed by atoms with Gasteiger partial charge in [0.05, 0.1) is 13.0 Å². The zero-order valence-electron chi connectivity index (χ0n) is 8.93. The number of carboxylic acid groups (broad SMARTS) is 2. The number of rotatable bonds is 4. The fraction of sp³-hybridized carbons (Fsp3) is 0.273. The molecule has 1 aromatic rings. The van der Waals surface area contributed by atoms with E-state index in [1.165, 1.54) is 26.2 Å². The van der Waals surface area contributed by atoms with Crippen LogP contribution in [0, 0.1) is 0 Å². The summed E-state index contributed by atoms with van der Waals surface area (Å²) in [5, 5.41) is 17.9. The van der Waals surface area contributed by atoms with Crippen LogP contribution < -0.4 is 4.74 Å². The van der Waals surface area contributed by atoms with Gasteiger partial charge in [-0.15, -0.1) is 0 Å². The topological polar surface area (TPSA) is 83.8 Å². The molecule has 2 N–H and O–H groups in total. The van der Waals surface area contributed by atoms with Crippen molar-refractivity contribution in [3.05, 3.63) is 29.3 Å². The summed E-state index contributed by atoms with van der Waals surface area (Å²) in [7, 11) is 1.34. The summed E-state index contributed by atoms with van der Waals surface area (Å²) in [6.07, 6.45) is 0. The molecule has 0 amide bonds. The number of hydrogen-bond donors (Lipinski definition) is 2. The van der Waals surface area contributed by atoms with Crippen molar-refractivity contribution in [3.63, 3.8) is 0 Å². The molecule has 0 saturated carbocycles. The predicted octanol–water partition coefficient (Wildman–Crippen LogP) is 1.58. The smallest absolute Gasteiger partial charge is 0.339 e. The van der Waals surface area contributed by atoms with Gasteiger partial charge >= 0.3 is 11.9 Å². The van der Waals surface area contributed by atoms with Gasteiger partial charge in [0.15, 0.2) is 0 Å². The minimum absolute atomic E-state index is 0.0973. The van der Waals surface area contributed by atoms with Crippen molar-refractivity contribution < 1.29 is 24.5 Å². The van der Waals surface area contributed by atoms with Crippen LogP contribution in [0.3, 0.4) is 0 Å². The molecule has 16 heavy (non-hydrogen) atoms. The third kappa shape index (κ3) is 2.13. The number of benzene rings is 1. The normalized spacial score (nSPS) is 11.9. The van der Waals surface area contributed by atoms with Crippen molar-refractivity contribution in [1.82, 2.24) is 0 Å².